The zero-order valence-electron chi connectivity index (χ0n) is 16.1. The second-order valence-corrected chi connectivity index (χ2v) is 10.1. The average Bonchev–Trinajstić information content (AvgIpc) is 2.94. The number of carbonyl (C=O) groups is 2. The molecule has 4 saturated carbocycles. The molecule has 1 atom stereocenters. The molecule has 0 spiro atoms. The minimum absolute atomic E-state index is 0.101. The van der Waals surface area contributed by atoms with Crippen LogP contribution in [0.1, 0.15) is 77.0 Å². The number of hydrogen-bond acceptors (Lipinski definition) is 2. The van der Waals surface area contributed by atoms with E-state index in [0.717, 1.165) is 82.3 Å². The Morgan fingerprint density at radius 2 is 1.31 bits per heavy atom. The SMILES string of the molecule is O=C(C1CCCN1C(=O)C12CC3CC(CC(C3)C1)C2)N1CCCCCC1. The van der Waals surface area contributed by atoms with E-state index in [1.54, 1.807) is 0 Å². The van der Waals surface area contributed by atoms with E-state index in [9.17, 15) is 9.59 Å². The standard InChI is InChI=1S/C22H34N2O2/c25-20(23-7-3-1-2-4-8-23)19-6-5-9-24(19)21(26)22-13-16-10-17(14-22)12-18(11-16)15-22/h16-19H,1-15H2. The summed E-state index contributed by atoms with van der Waals surface area (Å²) < 4.78 is 0. The van der Waals surface area contributed by atoms with Gasteiger partial charge >= 0.3 is 0 Å². The molecule has 0 aromatic carbocycles. The van der Waals surface area contributed by atoms with Gasteiger partial charge < -0.3 is 9.80 Å². The summed E-state index contributed by atoms with van der Waals surface area (Å²) >= 11 is 0. The highest BCUT2D eigenvalue weighted by atomic mass is 16.2. The number of amides is 2. The van der Waals surface area contributed by atoms with Gasteiger partial charge in [-0.2, -0.15) is 0 Å². The Hall–Kier alpha value is -1.06. The minimum Gasteiger partial charge on any atom is -0.341 e. The lowest BCUT2D eigenvalue weighted by atomic mass is 9.49. The topological polar surface area (TPSA) is 40.6 Å². The fourth-order valence-corrected chi connectivity index (χ4v) is 7.45. The van der Waals surface area contributed by atoms with E-state index in [2.05, 4.69) is 4.90 Å². The molecule has 0 radical (unpaired) electrons. The molecule has 0 aromatic heterocycles. The molecule has 4 bridgehead atoms. The van der Waals surface area contributed by atoms with Crippen molar-refractivity contribution < 1.29 is 9.59 Å². The summed E-state index contributed by atoms with van der Waals surface area (Å²) in [6.45, 7) is 2.61. The smallest absolute Gasteiger partial charge is 0.245 e. The van der Waals surface area contributed by atoms with Crippen LogP contribution in [-0.4, -0.2) is 47.3 Å². The molecular weight excluding hydrogens is 324 g/mol. The van der Waals surface area contributed by atoms with Crippen LogP contribution in [0.15, 0.2) is 0 Å². The van der Waals surface area contributed by atoms with E-state index < -0.39 is 0 Å². The molecule has 6 fully saturated rings. The van der Waals surface area contributed by atoms with Crippen molar-refractivity contribution in [3.8, 4) is 0 Å². The van der Waals surface area contributed by atoms with Gasteiger partial charge in [-0.3, -0.25) is 9.59 Å². The number of nitrogens with zero attached hydrogens (tertiary/aromatic N) is 2. The van der Waals surface area contributed by atoms with Crippen molar-refractivity contribution in [3.63, 3.8) is 0 Å². The summed E-state index contributed by atoms with van der Waals surface area (Å²) in [5, 5.41) is 0. The van der Waals surface area contributed by atoms with E-state index in [1.165, 1.54) is 32.1 Å². The molecule has 4 nitrogen and oxygen atoms in total. The highest BCUT2D eigenvalue weighted by Gasteiger charge is 2.57. The van der Waals surface area contributed by atoms with Crippen LogP contribution >= 0.6 is 0 Å². The maximum atomic E-state index is 13.7. The van der Waals surface area contributed by atoms with Crippen molar-refractivity contribution in [1.82, 2.24) is 9.80 Å². The Labute approximate surface area is 157 Å². The molecule has 6 rings (SSSR count). The summed E-state index contributed by atoms with van der Waals surface area (Å²) in [5.41, 5.74) is -0.101. The Balaban J connectivity index is 1.34. The van der Waals surface area contributed by atoms with Crippen molar-refractivity contribution in [3.05, 3.63) is 0 Å². The first-order chi connectivity index (χ1) is 12.6. The fraction of sp³-hybridized carbons (Fsp3) is 0.909. The third-order valence-electron chi connectivity index (χ3n) is 8.21. The summed E-state index contributed by atoms with van der Waals surface area (Å²) in [6, 6.07) is -0.159. The molecule has 0 aromatic rings. The molecule has 2 aliphatic heterocycles. The van der Waals surface area contributed by atoms with Gasteiger partial charge in [0.25, 0.3) is 0 Å². The van der Waals surface area contributed by atoms with Gasteiger partial charge in [-0.25, -0.2) is 0 Å². The number of hydrogen-bond donors (Lipinski definition) is 0. The van der Waals surface area contributed by atoms with Gasteiger partial charge in [-0.1, -0.05) is 12.8 Å². The summed E-state index contributed by atoms with van der Waals surface area (Å²) in [5.74, 6) is 2.97. The summed E-state index contributed by atoms with van der Waals surface area (Å²) in [6.07, 6.45) is 14.0. The number of rotatable bonds is 2. The molecule has 4 aliphatic carbocycles. The second-order valence-electron chi connectivity index (χ2n) is 10.1. The fourth-order valence-electron chi connectivity index (χ4n) is 7.45. The largest absolute Gasteiger partial charge is 0.341 e. The zero-order chi connectivity index (χ0) is 17.7. The quantitative estimate of drug-likeness (QED) is 0.757. The first-order valence-corrected chi connectivity index (χ1v) is 11.2. The molecule has 1 unspecified atom stereocenters. The van der Waals surface area contributed by atoms with Gasteiger partial charge in [-0.05, 0) is 82.0 Å². The van der Waals surface area contributed by atoms with Crippen molar-refractivity contribution in [2.75, 3.05) is 19.6 Å². The van der Waals surface area contributed by atoms with Gasteiger partial charge in [0.1, 0.15) is 6.04 Å². The van der Waals surface area contributed by atoms with E-state index in [0.29, 0.717) is 5.91 Å². The van der Waals surface area contributed by atoms with Crippen LogP contribution in [0.25, 0.3) is 0 Å². The van der Waals surface area contributed by atoms with Crippen LogP contribution in [0.4, 0.5) is 0 Å². The molecule has 144 valence electrons. The molecule has 26 heavy (non-hydrogen) atoms. The lowest BCUT2D eigenvalue weighted by Gasteiger charge is -2.56. The predicted molar refractivity (Wildman–Crippen MR) is 100 cm³/mol. The van der Waals surface area contributed by atoms with Crippen LogP contribution in [0.2, 0.25) is 0 Å². The van der Waals surface area contributed by atoms with Crippen LogP contribution in [0, 0.1) is 23.2 Å². The molecule has 6 aliphatic rings. The van der Waals surface area contributed by atoms with E-state index in [1.807, 2.05) is 4.90 Å². The van der Waals surface area contributed by atoms with Crippen LogP contribution in [-0.2, 0) is 9.59 Å². The van der Waals surface area contributed by atoms with Crippen LogP contribution in [0.3, 0.4) is 0 Å². The van der Waals surface area contributed by atoms with Gasteiger partial charge in [0, 0.05) is 19.6 Å². The van der Waals surface area contributed by atoms with Crippen molar-refractivity contribution >= 4 is 11.8 Å². The Kier molecular flexibility index (Phi) is 4.28. The number of carbonyl (C=O) groups excluding carboxylic acids is 2. The molecular formula is C22H34N2O2. The third kappa shape index (κ3) is 2.79. The van der Waals surface area contributed by atoms with Gasteiger partial charge in [0.15, 0.2) is 0 Å². The summed E-state index contributed by atoms with van der Waals surface area (Å²) in [4.78, 5) is 31.1. The lowest BCUT2D eigenvalue weighted by Crippen LogP contribution is -2.57. The molecule has 2 amide bonds. The van der Waals surface area contributed by atoms with Crippen LogP contribution < -0.4 is 0 Å². The molecule has 2 heterocycles. The maximum absolute atomic E-state index is 13.7. The number of likely N-dealkylation sites (tertiary alicyclic amines) is 2. The van der Waals surface area contributed by atoms with Gasteiger partial charge in [0.05, 0.1) is 5.41 Å². The van der Waals surface area contributed by atoms with Gasteiger partial charge in [0.2, 0.25) is 11.8 Å². The molecule has 0 N–H and O–H groups in total. The van der Waals surface area contributed by atoms with Crippen molar-refractivity contribution in [1.29, 1.82) is 0 Å². The Morgan fingerprint density at radius 3 is 1.88 bits per heavy atom. The van der Waals surface area contributed by atoms with Gasteiger partial charge in [-0.15, -0.1) is 0 Å². The first-order valence-electron chi connectivity index (χ1n) is 11.2. The maximum Gasteiger partial charge on any atom is 0.245 e. The first kappa shape index (κ1) is 17.1. The zero-order valence-corrected chi connectivity index (χ0v) is 16.1. The van der Waals surface area contributed by atoms with Crippen molar-refractivity contribution in [2.24, 2.45) is 23.2 Å². The highest BCUT2D eigenvalue weighted by molar-refractivity contribution is 5.91. The third-order valence-corrected chi connectivity index (χ3v) is 8.21. The summed E-state index contributed by atoms with van der Waals surface area (Å²) in [7, 11) is 0. The molecule has 2 saturated heterocycles. The monoisotopic (exact) mass is 358 g/mol. The lowest BCUT2D eigenvalue weighted by molar-refractivity contribution is -0.162. The second kappa shape index (κ2) is 6.53. The van der Waals surface area contributed by atoms with Crippen molar-refractivity contribution in [2.45, 2.75) is 83.1 Å². The predicted octanol–water partition coefficient (Wildman–Crippen LogP) is 3.60. The average molecular weight is 359 g/mol. The van der Waals surface area contributed by atoms with E-state index in [-0.39, 0.29) is 17.4 Å². The molecule has 4 heteroatoms. The van der Waals surface area contributed by atoms with E-state index in [4.69, 9.17) is 0 Å². The van der Waals surface area contributed by atoms with E-state index >= 15 is 0 Å². The minimum atomic E-state index is -0.159. The van der Waals surface area contributed by atoms with Crippen LogP contribution in [0.5, 0.6) is 0 Å². The normalized spacial score (nSPS) is 42.2. The highest BCUT2D eigenvalue weighted by Crippen LogP contribution is 2.60. The Bertz CT molecular complexity index is 543. The Morgan fingerprint density at radius 1 is 0.731 bits per heavy atom.